The molecular formula is C20H30F3IN4O. The molecule has 0 radical (unpaired) electrons. The molecule has 1 aromatic rings. The van der Waals surface area contributed by atoms with E-state index in [0.29, 0.717) is 25.8 Å². The van der Waals surface area contributed by atoms with Gasteiger partial charge in [0.05, 0.1) is 24.8 Å². The maximum Gasteiger partial charge on any atom is 0.416 e. The second kappa shape index (κ2) is 11.4. The van der Waals surface area contributed by atoms with Gasteiger partial charge in [0, 0.05) is 32.7 Å². The molecule has 1 heterocycles. The molecule has 9 heteroatoms. The van der Waals surface area contributed by atoms with E-state index in [9.17, 15) is 13.2 Å². The van der Waals surface area contributed by atoms with Gasteiger partial charge < -0.3 is 15.4 Å². The van der Waals surface area contributed by atoms with Crippen molar-refractivity contribution in [2.75, 3.05) is 39.9 Å². The number of hydrogen-bond donors (Lipinski definition) is 2. The van der Waals surface area contributed by atoms with Gasteiger partial charge in [0.15, 0.2) is 5.96 Å². The van der Waals surface area contributed by atoms with E-state index in [4.69, 9.17) is 4.74 Å². The third-order valence-corrected chi connectivity index (χ3v) is 5.49. The number of ether oxygens (including phenoxy) is 1. The van der Waals surface area contributed by atoms with Crippen molar-refractivity contribution >= 4 is 29.9 Å². The number of hydrogen-bond acceptors (Lipinski definition) is 3. The van der Waals surface area contributed by atoms with Crippen LogP contribution < -0.4 is 10.6 Å². The Bertz CT molecular complexity index is 642. The molecule has 0 amide bonds. The van der Waals surface area contributed by atoms with E-state index in [1.165, 1.54) is 12.8 Å². The van der Waals surface area contributed by atoms with Crippen molar-refractivity contribution < 1.29 is 17.9 Å². The lowest BCUT2D eigenvalue weighted by Crippen LogP contribution is -2.48. The lowest BCUT2D eigenvalue weighted by Gasteiger charge is -2.35. The molecule has 3 rings (SSSR count). The Balaban J connectivity index is 0.00000300. The van der Waals surface area contributed by atoms with Gasteiger partial charge in [-0.25, -0.2) is 0 Å². The SMILES string of the molecule is CN=C(NCC(c1ccc(C(F)(F)F)cc1)N1CCOCC1)NC1CCCC1.I. The Labute approximate surface area is 187 Å². The van der Waals surface area contributed by atoms with Gasteiger partial charge in [-0.2, -0.15) is 13.2 Å². The topological polar surface area (TPSA) is 48.9 Å². The lowest BCUT2D eigenvalue weighted by molar-refractivity contribution is -0.137. The highest BCUT2D eigenvalue weighted by atomic mass is 127. The molecule has 1 atom stereocenters. The zero-order valence-corrected chi connectivity index (χ0v) is 19.0. The first-order valence-electron chi connectivity index (χ1n) is 9.93. The smallest absolute Gasteiger partial charge is 0.379 e. The highest BCUT2D eigenvalue weighted by Gasteiger charge is 2.31. The van der Waals surface area contributed by atoms with Crippen molar-refractivity contribution in [3.8, 4) is 0 Å². The summed E-state index contributed by atoms with van der Waals surface area (Å²) in [5, 5.41) is 6.82. The van der Waals surface area contributed by atoms with Gasteiger partial charge in [0.25, 0.3) is 0 Å². The molecule has 1 aromatic carbocycles. The predicted molar refractivity (Wildman–Crippen MR) is 119 cm³/mol. The van der Waals surface area contributed by atoms with Gasteiger partial charge in [-0.05, 0) is 30.5 Å². The van der Waals surface area contributed by atoms with E-state index in [1.54, 1.807) is 19.2 Å². The average molecular weight is 526 g/mol. The van der Waals surface area contributed by atoms with Gasteiger partial charge in [0.1, 0.15) is 0 Å². The quantitative estimate of drug-likeness (QED) is 0.348. The molecule has 0 spiro atoms. The van der Waals surface area contributed by atoms with Crippen LogP contribution in [0.5, 0.6) is 0 Å². The fourth-order valence-corrected chi connectivity index (χ4v) is 3.89. The number of nitrogens with zero attached hydrogens (tertiary/aromatic N) is 2. The summed E-state index contributed by atoms with van der Waals surface area (Å²) in [6.07, 6.45) is 0.435. The minimum Gasteiger partial charge on any atom is -0.379 e. The molecule has 1 saturated carbocycles. The third-order valence-electron chi connectivity index (χ3n) is 5.49. The van der Waals surface area contributed by atoms with E-state index < -0.39 is 11.7 Å². The maximum atomic E-state index is 12.9. The van der Waals surface area contributed by atoms with E-state index in [0.717, 1.165) is 49.6 Å². The van der Waals surface area contributed by atoms with Gasteiger partial charge >= 0.3 is 6.18 Å². The van der Waals surface area contributed by atoms with E-state index >= 15 is 0 Å². The van der Waals surface area contributed by atoms with Crippen LogP contribution in [-0.2, 0) is 10.9 Å². The second-order valence-corrected chi connectivity index (χ2v) is 7.36. The van der Waals surface area contributed by atoms with Crippen molar-refractivity contribution in [3.05, 3.63) is 35.4 Å². The van der Waals surface area contributed by atoms with Crippen molar-refractivity contribution in [2.45, 2.75) is 43.9 Å². The summed E-state index contributed by atoms with van der Waals surface area (Å²) in [7, 11) is 1.74. The van der Waals surface area contributed by atoms with Gasteiger partial charge in [-0.1, -0.05) is 25.0 Å². The summed E-state index contributed by atoms with van der Waals surface area (Å²) in [6.45, 7) is 3.33. The molecule has 2 fully saturated rings. The number of nitrogens with one attached hydrogen (secondary N) is 2. The Hall–Kier alpha value is -1.07. The minimum atomic E-state index is -4.32. The summed E-state index contributed by atoms with van der Waals surface area (Å²) in [5.41, 5.74) is 0.238. The summed E-state index contributed by atoms with van der Waals surface area (Å²) in [5.74, 6) is 0.747. The highest BCUT2D eigenvalue weighted by molar-refractivity contribution is 14.0. The van der Waals surface area contributed by atoms with Crippen LogP contribution in [0, 0.1) is 0 Å². The molecule has 29 heavy (non-hydrogen) atoms. The van der Waals surface area contributed by atoms with Crippen LogP contribution in [0.15, 0.2) is 29.3 Å². The van der Waals surface area contributed by atoms with Crippen LogP contribution in [0.4, 0.5) is 13.2 Å². The molecule has 0 bridgehead atoms. The summed E-state index contributed by atoms with van der Waals surface area (Å²) >= 11 is 0. The Morgan fingerprint density at radius 1 is 1.17 bits per heavy atom. The molecule has 1 aliphatic heterocycles. The molecule has 164 valence electrons. The summed E-state index contributed by atoms with van der Waals surface area (Å²) < 4.78 is 44.2. The van der Waals surface area contributed by atoms with Gasteiger partial charge in [0.2, 0.25) is 0 Å². The fraction of sp³-hybridized carbons (Fsp3) is 0.650. The molecule has 2 N–H and O–H groups in total. The van der Waals surface area contributed by atoms with Crippen molar-refractivity contribution in [1.29, 1.82) is 0 Å². The van der Waals surface area contributed by atoms with Crippen LogP contribution in [0.3, 0.4) is 0 Å². The van der Waals surface area contributed by atoms with E-state index in [1.807, 2.05) is 0 Å². The average Bonchev–Trinajstić information content (AvgIpc) is 3.21. The standard InChI is InChI=1S/C20H29F3N4O.HI/c1-24-19(26-17-4-2-3-5-17)25-14-18(27-10-12-28-13-11-27)15-6-8-16(9-7-15)20(21,22)23;/h6-9,17-18H,2-5,10-14H2,1H3,(H2,24,25,26);1H. The lowest BCUT2D eigenvalue weighted by atomic mass is 10.0. The molecule has 0 aromatic heterocycles. The number of rotatable bonds is 5. The minimum absolute atomic E-state index is 0. The fourth-order valence-electron chi connectivity index (χ4n) is 3.89. The van der Waals surface area contributed by atoms with Gasteiger partial charge in [-0.15, -0.1) is 24.0 Å². The Morgan fingerprint density at radius 2 is 1.79 bits per heavy atom. The summed E-state index contributed by atoms with van der Waals surface area (Å²) in [4.78, 5) is 6.56. The van der Waals surface area contributed by atoms with Crippen molar-refractivity contribution in [3.63, 3.8) is 0 Å². The molecular weight excluding hydrogens is 496 g/mol. The number of halogens is 4. The number of alkyl halides is 3. The van der Waals surface area contributed by atoms with E-state index in [-0.39, 0.29) is 30.0 Å². The number of aliphatic imine (C=N–C) groups is 1. The maximum absolute atomic E-state index is 12.9. The Morgan fingerprint density at radius 3 is 2.34 bits per heavy atom. The molecule has 1 saturated heterocycles. The third kappa shape index (κ3) is 6.99. The summed E-state index contributed by atoms with van der Waals surface area (Å²) in [6, 6.07) is 5.88. The van der Waals surface area contributed by atoms with Crippen LogP contribution >= 0.6 is 24.0 Å². The van der Waals surface area contributed by atoms with E-state index in [2.05, 4.69) is 20.5 Å². The number of guanidine groups is 1. The molecule has 1 unspecified atom stereocenters. The number of morpholine rings is 1. The Kier molecular flexibility index (Phi) is 9.48. The second-order valence-electron chi connectivity index (χ2n) is 7.36. The molecule has 5 nitrogen and oxygen atoms in total. The van der Waals surface area contributed by atoms with Gasteiger partial charge in [-0.3, -0.25) is 9.89 Å². The first kappa shape index (κ1) is 24.2. The number of benzene rings is 1. The predicted octanol–water partition coefficient (Wildman–Crippen LogP) is 3.80. The zero-order valence-electron chi connectivity index (χ0n) is 16.7. The highest BCUT2D eigenvalue weighted by Crippen LogP contribution is 2.31. The van der Waals surface area contributed by atoms with Crippen molar-refractivity contribution in [2.24, 2.45) is 4.99 Å². The zero-order chi connectivity index (χ0) is 20.0. The first-order valence-corrected chi connectivity index (χ1v) is 9.93. The molecule has 1 aliphatic carbocycles. The molecule has 2 aliphatic rings. The van der Waals surface area contributed by atoms with Crippen LogP contribution in [0.2, 0.25) is 0 Å². The van der Waals surface area contributed by atoms with Crippen LogP contribution in [0.1, 0.15) is 42.9 Å². The van der Waals surface area contributed by atoms with Crippen LogP contribution in [-0.4, -0.2) is 56.8 Å². The van der Waals surface area contributed by atoms with Crippen LogP contribution in [0.25, 0.3) is 0 Å². The van der Waals surface area contributed by atoms with Crippen molar-refractivity contribution in [1.82, 2.24) is 15.5 Å². The first-order chi connectivity index (χ1) is 13.5. The normalized spacial score (nSPS) is 20.2. The monoisotopic (exact) mass is 526 g/mol. The largest absolute Gasteiger partial charge is 0.416 e.